The molecule has 4 rings (SSSR count). The standard InChI is InChI=1S/C20H15N3OS/c1-3-12-25-20-22-17-14-9-5-6-10-15(14)21-18(17)19(24)23(20)16-11-7-4-8-13(16)2/h1,4-11,21H,12H2,2H3. The van der Waals surface area contributed by atoms with Crippen LogP contribution in [0.3, 0.4) is 0 Å². The lowest BCUT2D eigenvalue weighted by Gasteiger charge is -2.13. The average molecular weight is 345 g/mol. The Bertz CT molecular complexity index is 1200. The van der Waals surface area contributed by atoms with Crippen LogP contribution in [0.1, 0.15) is 5.56 Å². The predicted octanol–water partition coefficient (Wildman–Crippen LogP) is 3.90. The van der Waals surface area contributed by atoms with Gasteiger partial charge < -0.3 is 4.98 Å². The van der Waals surface area contributed by atoms with E-state index in [4.69, 9.17) is 11.4 Å². The fourth-order valence-electron chi connectivity index (χ4n) is 2.97. The number of hydrogen-bond acceptors (Lipinski definition) is 3. The van der Waals surface area contributed by atoms with Crippen molar-refractivity contribution in [3.8, 4) is 18.0 Å². The number of thioether (sulfide) groups is 1. The molecule has 2 heterocycles. The Kier molecular flexibility index (Phi) is 3.83. The summed E-state index contributed by atoms with van der Waals surface area (Å²) in [5.41, 5.74) is 3.80. The molecule has 0 saturated heterocycles. The summed E-state index contributed by atoms with van der Waals surface area (Å²) in [6, 6.07) is 15.6. The van der Waals surface area contributed by atoms with E-state index in [1.807, 2.05) is 55.5 Å². The maximum atomic E-state index is 13.3. The summed E-state index contributed by atoms with van der Waals surface area (Å²) in [7, 11) is 0. The van der Waals surface area contributed by atoms with E-state index in [-0.39, 0.29) is 5.56 Å². The van der Waals surface area contributed by atoms with Crippen LogP contribution < -0.4 is 5.56 Å². The summed E-state index contributed by atoms with van der Waals surface area (Å²) >= 11 is 1.39. The number of para-hydroxylation sites is 2. The molecule has 1 N–H and O–H groups in total. The molecule has 0 aliphatic rings. The summed E-state index contributed by atoms with van der Waals surface area (Å²) in [5, 5.41) is 1.54. The van der Waals surface area contributed by atoms with Crippen molar-refractivity contribution in [3.63, 3.8) is 0 Å². The van der Waals surface area contributed by atoms with Crippen LogP contribution in [0.4, 0.5) is 0 Å². The second-order valence-corrected chi connectivity index (χ2v) is 6.65. The van der Waals surface area contributed by atoms with Crippen LogP contribution >= 0.6 is 11.8 Å². The third-order valence-electron chi connectivity index (χ3n) is 4.14. The minimum absolute atomic E-state index is 0.116. The molecule has 4 nitrogen and oxygen atoms in total. The molecule has 0 fully saturated rings. The van der Waals surface area contributed by atoms with Gasteiger partial charge in [-0.15, -0.1) is 6.42 Å². The minimum Gasteiger partial charge on any atom is -0.349 e. The van der Waals surface area contributed by atoms with Gasteiger partial charge in [0.15, 0.2) is 5.16 Å². The first-order valence-electron chi connectivity index (χ1n) is 7.86. The molecule has 25 heavy (non-hydrogen) atoms. The monoisotopic (exact) mass is 345 g/mol. The maximum Gasteiger partial charge on any atom is 0.283 e. The summed E-state index contributed by atoms with van der Waals surface area (Å²) < 4.78 is 1.65. The highest BCUT2D eigenvalue weighted by Crippen LogP contribution is 2.26. The summed E-state index contributed by atoms with van der Waals surface area (Å²) in [5.74, 6) is 3.06. The normalized spacial score (nSPS) is 11.0. The van der Waals surface area contributed by atoms with Crippen LogP contribution in [0.25, 0.3) is 27.6 Å². The first-order chi connectivity index (χ1) is 12.2. The number of hydrogen-bond donors (Lipinski definition) is 1. The lowest BCUT2D eigenvalue weighted by molar-refractivity contribution is 0.815. The van der Waals surface area contributed by atoms with E-state index in [0.29, 0.717) is 21.9 Å². The van der Waals surface area contributed by atoms with Gasteiger partial charge in [-0.05, 0) is 24.6 Å². The highest BCUT2D eigenvalue weighted by molar-refractivity contribution is 7.99. The Morgan fingerprint density at radius 1 is 1.20 bits per heavy atom. The maximum absolute atomic E-state index is 13.3. The van der Waals surface area contributed by atoms with Gasteiger partial charge in [-0.25, -0.2) is 4.98 Å². The van der Waals surface area contributed by atoms with Crippen molar-refractivity contribution in [1.82, 2.24) is 14.5 Å². The van der Waals surface area contributed by atoms with Crippen molar-refractivity contribution in [3.05, 3.63) is 64.4 Å². The van der Waals surface area contributed by atoms with Crippen molar-refractivity contribution in [2.45, 2.75) is 12.1 Å². The van der Waals surface area contributed by atoms with Crippen molar-refractivity contribution in [1.29, 1.82) is 0 Å². The van der Waals surface area contributed by atoms with Crippen molar-refractivity contribution < 1.29 is 0 Å². The molecule has 0 radical (unpaired) electrons. The third-order valence-corrected chi connectivity index (χ3v) is 4.98. The minimum atomic E-state index is -0.116. The predicted molar refractivity (Wildman–Crippen MR) is 103 cm³/mol. The molecule has 0 atom stereocenters. The van der Waals surface area contributed by atoms with Crippen molar-refractivity contribution >= 4 is 33.7 Å². The van der Waals surface area contributed by atoms with Gasteiger partial charge in [-0.2, -0.15) is 0 Å². The molecule has 2 aromatic heterocycles. The molecule has 0 spiro atoms. The van der Waals surface area contributed by atoms with Crippen LogP contribution in [-0.2, 0) is 0 Å². The van der Waals surface area contributed by atoms with Gasteiger partial charge in [0.2, 0.25) is 0 Å². The Balaban J connectivity index is 2.12. The van der Waals surface area contributed by atoms with E-state index in [2.05, 4.69) is 10.9 Å². The molecule has 4 aromatic rings. The number of aromatic nitrogens is 3. The number of H-pyrrole nitrogens is 1. The Hall–Kier alpha value is -2.97. The van der Waals surface area contributed by atoms with Crippen molar-refractivity contribution in [2.75, 3.05) is 5.75 Å². The molecule has 0 aliphatic heterocycles. The van der Waals surface area contributed by atoms with Gasteiger partial charge in [0.05, 0.1) is 11.4 Å². The number of nitrogens with zero attached hydrogens (tertiary/aromatic N) is 2. The molecule has 122 valence electrons. The Morgan fingerprint density at radius 2 is 1.96 bits per heavy atom. The van der Waals surface area contributed by atoms with Crippen LogP contribution in [0.15, 0.2) is 58.5 Å². The van der Waals surface area contributed by atoms with E-state index in [1.54, 1.807) is 4.57 Å². The first kappa shape index (κ1) is 15.6. The molecule has 0 saturated carbocycles. The average Bonchev–Trinajstić information content (AvgIpc) is 3.00. The molecule has 0 bridgehead atoms. The number of aromatic amines is 1. The van der Waals surface area contributed by atoms with Crippen LogP contribution in [-0.4, -0.2) is 20.3 Å². The van der Waals surface area contributed by atoms with Crippen molar-refractivity contribution in [2.24, 2.45) is 0 Å². The van der Waals surface area contributed by atoms with Gasteiger partial charge in [-0.3, -0.25) is 9.36 Å². The molecular formula is C20H15N3OS. The molecular weight excluding hydrogens is 330 g/mol. The number of fused-ring (bicyclic) bond motifs is 3. The van der Waals surface area contributed by atoms with E-state index in [1.165, 1.54) is 11.8 Å². The number of rotatable bonds is 3. The zero-order valence-electron chi connectivity index (χ0n) is 13.6. The van der Waals surface area contributed by atoms with E-state index in [9.17, 15) is 4.79 Å². The lowest BCUT2D eigenvalue weighted by Crippen LogP contribution is -2.22. The van der Waals surface area contributed by atoms with E-state index < -0.39 is 0 Å². The van der Waals surface area contributed by atoms with Gasteiger partial charge >= 0.3 is 0 Å². The molecule has 0 unspecified atom stereocenters. The highest BCUT2D eigenvalue weighted by Gasteiger charge is 2.17. The number of nitrogens with one attached hydrogen (secondary N) is 1. The van der Waals surface area contributed by atoms with Gasteiger partial charge in [0.1, 0.15) is 11.0 Å². The third kappa shape index (κ3) is 2.51. The fraction of sp³-hybridized carbons (Fsp3) is 0.100. The van der Waals surface area contributed by atoms with Crippen LogP contribution in [0, 0.1) is 19.3 Å². The zero-order valence-corrected chi connectivity index (χ0v) is 14.4. The lowest BCUT2D eigenvalue weighted by atomic mass is 10.2. The fourth-order valence-corrected chi connectivity index (χ4v) is 3.65. The molecule has 5 heteroatoms. The van der Waals surface area contributed by atoms with Gasteiger partial charge in [-0.1, -0.05) is 54.1 Å². The first-order valence-corrected chi connectivity index (χ1v) is 8.85. The highest BCUT2D eigenvalue weighted by atomic mass is 32.2. The molecule has 0 aliphatic carbocycles. The Morgan fingerprint density at radius 3 is 2.76 bits per heavy atom. The van der Waals surface area contributed by atoms with Gasteiger partial charge in [0.25, 0.3) is 5.56 Å². The summed E-state index contributed by atoms with van der Waals surface area (Å²) in [6.07, 6.45) is 5.42. The smallest absolute Gasteiger partial charge is 0.283 e. The van der Waals surface area contributed by atoms with Crippen LogP contribution in [0.5, 0.6) is 0 Å². The van der Waals surface area contributed by atoms with E-state index >= 15 is 0 Å². The topological polar surface area (TPSA) is 50.7 Å². The zero-order chi connectivity index (χ0) is 17.4. The quantitative estimate of drug-likeness (QED) is 0.348. The Labute approximate surface area is 148 Å². The van der Waals surface area contributed by atoms with Crippen LogP contribution in [0.2, 0.25) is 0 Å². The number of aryl methyl sites for hydroxylation is 1. The number of terminal acetylenes is 1. The summed E-state index contributed by atoms with van der Waals surface area (Å²) in [6.45, 7) is 1.98. The second kappa shape index (κ2) is 6.15. The number of benzene rings is 2. The summed E-state index contributed by atoms with van der Waals surface area (Å²) in [4.78, 5) is 21.3. The van der Waals surface area contributed by atoms with E-state index in [0.717, 1.165) is 22.2 Å². The largest absolute Gasteiger partial charge is 0.349 e. The van der Waals surface area contributed by atoms with Gasteiger partial charge in [0, 0.05) is 10.9 Å². The SMILES string of the molecule is C#CCSc1nc2c([nH]c3ccccc32)c(=O)n1-c1ccccc1C. The second-order valence-electron chi connectivity index (χ2n) is 5.71. The molecule has 2 aromatic carbocycles. The molecule has 0 amide bonds.